The van der Waals surface area contributed by atoms with E-state index in [0.717, 1.165) is 30.5 Å². The van der Waals surface area contributed by atoms with E-state index in [1.165, 1.54) is 6.33 Å². The molecule has 1 N–H and O–H groups in total. The van der Waals surface area contributed by atoms with Gasteiger partial charge in [0, 0.05) is 0 Å². The van der Waals surface area contributed by atoms with Gasteiger partial charge < -0.3 is 5.11 Å². The molecule has 0 atom stereocenters. The molecule has 18 heavy (non-hydrogen) atoms. The van der Waals surface area contributed by atoms with E-state index in [9.17, 15) is 9.90 Å². The summed E-state index contributed by atoms with van der Waals surface area (Å²) in [5.74, 6) is -0.720. The molecule has 0 saturated heterocycles. The smallest absolute Gasteiger partial charge is 0.314 e. The molecule has 1 heterocycles. The summed E-state index contributed by atoms with van der Waals surface area (Å²) < 4.78 is 1.65. The molecule has 5 nitrogen and oxygen atoms in total. The van der Waals surface area contributed by atoms with Gasteiger partial charge in [0.05, 0.1) is 11.1 Å². The zero-order chi connectivity index (χ0) is 12.6. The Morgan fingerprint density at radius 1 is 1.28 bits per heavy atom. The second-order valence-corrected chi connectivity index (χ2v) is 4.63. The van der Waals surface area contributed by atoms with E-state index in [-0.39, 0.29) is 0 Å². The predicted octanol–water partition coefficient (Wildman–Crippen LogP) is 1.77. The van der Waals surface area contributed by atoms with Gasteiger partial charge in [-0.3, -0.25) is 4.79 Å². The Morgan fingerprint density at radius 3 is 2.44 bits per heavy atom. The van der Waals surface area contributed by atoms with Crippen molar-refractivity contribution in [2.24, 2.45) is 0 Å². The Bertz CT molecular complexity index is 556. The first-order chi connectivity index (χ1) is 8.72. The van der Waals surface area contributed by atoms with Crippen molar-refractivity contribution in [3.8, 4) is 5.69 Å². The van der Waals surface area contributed by atoms with Crippen molar-refractivity contribution in [1.82, 2.24) is 14.8 Å². The highest BCUT2D eigenvalue weighted by Gasteiger charge is 2.45. The first kappa shape index (κ1) is 11.0. The van der Waals surface area contributed by atoms with E-state index < -0.39 is 11.4 Å². The monoisotopic (exact) mass is 243 g/mol. The van der Waals surface area contributed by atoms with Crippen LogP contribution in [0.15, 0.2) is 36.9 Å². The summed E-state index contributed by atoms with van der Waals surface area (Å²) in [7, 11) is 0. The average molecular weight is 243 g/mol. The molecule has 0 bridgehead atoms. The van der Waals surface area contributed by atoms with Crippen molar-refractivity contribution >= 4 is 5.97 Å². The molecule has 0 radical (unpaired) electrons. The van der Waals surface area contributed by atoms with E-state index >= 15 is 0 Å². The Morgan fingerprint density at radius 2 is 2.00 bits per heavy atom. The lowest BCUT2D eigenvalue weighted by Crippen LogP contribution is -2.42. The van der Waals surface area contributed by atoms with Crippen LogP contribution in [0.3, 0.4) is 0 Å². The number of aromatic nitrogens is 3. The maximum atomic E-state index is 11.4. The maximum absolute atomic E-state index is 11.4. The third-order valence-electron chi connectivity index (χ3n) is 3.72. The first-order valence-electron chi connectivity index (χ1n) is 5.91. The van der Waals surface area contributed by atoms with Crippen molar-refractivity contribution in [3.63, 3.8) is 0 Å². The molecule has 1 saturated carbocycles. The summed E-state index contributed by atoms with van der Waals surface area (Å²) >= 11 is 0. The van der Waals surface area contributed by atoms with E-state index in [2.05, 4.69) is 10.1 Å². The molecule has 3 rings (SSSR count). The zero-order valence-corrected chi connectivity index (χ0v) is 9.78. The van der Waals surface area contributed by atoms with Crippen LogP contribution in [0.2, 0.25) is 0 Å². The molecule has 92 valence electrons. The van der Waals surface area contributed by atoms with Crippen LogP contribution >= 0.6 is 0 Å². The van der Waals surface area contributed by atoms with Gasteiger partial charge in [-0.2, -0.15) is 5.10 Å². The second-order valence-electron chi connectivity index (χ2n) is 4.63. The Balaban J connectivity index is 1.94. The third-order valence-corrected chi connectivity index (χ3v) is 3.72. The maximum Gasteiger partial charge on any atom is 0.314 e. The summed E-state index contributed by atoms with van der Waals surface area (Å²) in [4.78, 5) is 15.3. The minimum atomic E-state index is -0.720. The number of carboxylic acid groups (broad SMARTS) is 1. The highest BCUT2D eigenvalue weighted by atomic mass is 16.4. The van der Waals surface area contributed by atoms with Crippen LogP contribution in [0.25, 0.3) is 5.69 Å². The Kier molecular flexibility index (Phi) is 2.40. The third kappa shape index (κ3) is 1.51. The van der Waals surface area contributed by atoms with Crippen LogP contribution < -0.4 is 0 Å². The fourth-order valence-corrected chi connectivity index (χ4v) is 2.43. The minimum absolute atomic E-state index is 0.666. The number of aliphatic carboxylic acids is 1. The highest BCUT2D eigenvalue weighted by Crippen LogP contribution is 2.44. The molecule has 5 heteroatoms. The van der Waals surface area contributed by atoms with Gasteiger partial charge in [-0.05, 0) is 30.5 Å². The molecular formula is C13H13N3O2. The highest BCUT2D eigenvalue weighted by molar-refractivity contribution is 5.82. The van der Waals surface area contributed by atoms with Gasteiger partial charge in [0.1, 0.15) is 12.7 Å². The van der Waals surface area contributed by atoms with E-state index in [4.69, 9.17) is 0 Å². The summed E-state index contributed by atoms with van der Waals surface area (Å²) in [6, 6.07) is 7.52. The summed E-state index contributed by atoms with van der Waals surface area (Å²) in [5.41, 5.74) is 1.10. The number of carbonyl (C=O) groups is 1. The van der Waals surface area contributed by atoms with Crippen molar-refractivity contribution in [2.75, 3.05) is 0 Å². The number of hydrogen-bond acceptors (Lipinski definition) is 3. The van der Waals surface area contributed by atoms with Crippen LogP contribution in [0.5, 0.6) is 0 Å². The average Bonchev–Trinajstić information content (AvgIpc) is 2.81. The molecule has 1 aromatic carbocycles. The molecule has 1 fully saturated rings. The topological polar surface area (TPSA) is 68.0 Å². The second kappa shape index (κ2) is 3.94. The summed E-state index contributed by atoms with van der Waals surface area (Å²) in [6.07, 6.45) is 5.52. The number of carboxylic acids is 1. The van der Waals surface area contributed by atoms with Crippen LogP contribution in [0.4, 0.5) is 0 Å². The van der Waals surface area contributed by atoms with Crippen molar-refractivity contribution in [1.29, 1.82) is 0 Å². The van der Waals surface area contributed by atoms with E-state index in [0.29, 0.717) is 0 Å². The molecule has 1 aliphatic carbocycles. The lowest BCUT2D eigenvalue weighted by Gasteiger charge is -2.38. The zero-order valence-electron chi connectivity index (χ0n) is 9.78. The van der Waals surface area contributed by atoms with Gasteiger partial charge in [-0.15, -0.1) is 0 Å². The lowest BCUT2D eigenvalue weighted by atomic mass is 9.64. The van der Waals surface area contributed by atoms with Crippen molar-refractivity contribution < 1.29 is 9.90 Å². The van der Waals surface area contributed by atoms with Gasteiger partial charge in [0.2, 0.25) is 0 Å². The molecule has 1 aromatic heterocycles. The molecule has 2 aromatic rings. The molecule has 1 aliphatic rings. The Hall–Kier alpha value is -2.17. The van der Waals surface area contributed by atoms with Gasteiger partial charge in [-0.1, -0.05) is 18.6 Å². The number of hydrogen-bond donors (Lipinski definition) is 1. The van der Waals surface area contributed by atoms with Crippen LogP contribution in [0.1, 0.15) is 24.8 Å². The molecular weight excluding hydrogens is 230 g/mol. The largest absolute Gasteiger partial charge is 0.481 e. The predicted molar refractivity (Wildman–Crippen MR) is 64.5 cm³/mol. The quantitative estimate of drug-likeness (QED) is 0.892. The van der Waals surface area contributed by atoms with Crippen molar-refractivity contribution in [3.05, 3.63) is 42.5 Å². The normalized spacial score (nSPS) is 17.1. The first-order valence-corrected chi connectivity index (χ1v) is 5.91. The van der Waals surface area contributed by atoms with E-state index in [1.54, 1.807) is 11.0 Å². The molecule has 0 spiro atoms. The van der Waals surface area contributed by atoms with Crippen LogP contribution in [0, 0.1) is 0 Å². The fraction of sp³-hybridized carbons (Fsp3) is 0.308. The van der Waals surface area contributed by atoms with Crippen LogP contribution in [-0.4, -0.2) is 25.8 Å². The fourth-order valence-electron chi connectivity index (χ4n) is 2.43. The van der Waals surface area contributed by atoms with Crippen molar-refractivity contribution in [2.45, 2.75) is 24.7 Å². The van der Waals surface area contributed by atoms with Gasteiger partial charge in [-0.25, -0.2) is 9.67 Å². The Labute approximate surface area is 104 Å². The number of nitrogens with zero attached hydrogens (tertiary/aromatic N) is 3. The standard InChI is InChI=1S/C13H13N3O2/c17-12(18)13(6-1-7-13)10-2-4-11(5-3-10)16-9-14-8-15-16/h2-5,8-9H,1,6-7H2,(H,17,18). The molecule has 0 amide bonds. The summed E-state index contributed by atoms with van der Waals surface area (Å²) in [6.45, 7) is 0. The SMILES string of the molecule is O=C(O)C1(c2ccc(-n3cncn3)cc2)CCC1. The van der Waals surface area contributed by atoms with Gasteiger partial charge in [0.25, 0.3) is 0 Å². The molecule has 0 aliphatic heterocycles. The number of benzene rings is 1. The number of rotatable bonds is 3. The summed E-state index contributed by atoms with van der Waals surface area (Å²) in [5, 5.41) is 13.4. The van der Waals surface area contributed by atoms with Gasteiger partial charge in [0.15, 0.2) is 0 Å². The van der Waals surface area contributed by atoms with Crippen LogP contribution in [-0.2, 0) is 10.2 Å². The van der Waals surface area contributed by atoms with E-state index in [1.807, 2.05) is 24.3 Å². The lowest BCUT2D eigenvalue weighted by molar-refractivity contribution is -0.147. The minimum Gasteiger partial charge on any atom is -0.481 e. The molecule has 0 unspecified atom stereocenters. The van der Waals surface area contributed by atoms with Gasteiger partial charge >= 0.3 is 5.97 Å².